The molecule has 22 heavy (non-hydrogen) atoms. The predicted molar refractivity (Wildman–Crippen MR) is 89.3 cm³/mol. The third kappa shape index (κ3) is 2.82. The number of likely N-dealkylation sites (N-methyl/N-ethyl adjacent to an activating group) is 1. The van der Waals surface area contributed by atoms with E-state index in [2.05, 4.69) is 21.2 Å². The summed E-state index contributed by atoms with van der Waals surface area (Å²) in [6, 6.07) is 8.26. The van der Waals surface area contributed by atoms with E-state index in [4.69, 9.17) is 0 Å². The van der Waals surface area contributed by atoms with Gasteiger partial charge < -0.3 is 15.3 Å². The number of amides is 1. The summed E-state index contributed by atoms with van der Waals surface area (Å²) in [5, 5.41) is 13.3. The van der Waals surface area contributed by atoms with Gasteiger partial charge in [0.05, 0.1) is 12.6 Å². The lowest BCUT2D eigenvalue weighted by molar-refractivity contribution is -0.149. The van der Waals surface area contributed by atoms with Gasteiger partial charge in [-0.2, -0.15) is 0 Å². The first-order chi connectivity index (χ1) is 10.5. The summed E-state index contributed by atoms with van der Waals surface area (Å²) in [5.41, 5.74) is 1.18. The van der Waals surface area contributed by atoms with Crippen LogP contribution in [0.25, 0.3) is 0 Å². The van der Waals surface area contributed by atoms with Crippen molar-refractivity contribution in [2.75, 3.05) is 13.6 Å². The summed E-state index contributed by atoms with van der Waals surface area (Å²) >= 11 is 3.51. The lowest BCUT2D eigenvalue weighted by Crippen LogP contribution is -2.66. The zero-order valence-corrected chi connectivity index (χ0v) is 14.5. The largest absolute Gasteiger partial charge is 0.392 e. The second-order valence-corrected chi connectivity index (χ2v) is 7.47. The lowest BCUT2D eigenvalue weighted by Gasteiger charge is -2.59. The highest BCUT2D eigenvalue weighted by Crippen LogP contribution is 2.55. The fourth-order valence-electron chi connectivity index (χ4n) is 3.63. The number of carbonyl (C=O) groups excluding carboxylic acids is 1. The SMILES string of the molecule is CN(Cc1ccccc1Br)C(=O)CNC1CC(O)C12CCC2. The third-order valence-corrected chi connectivity index (χ3v) is 6.17. The first-order valence-corrected chi connectivity index (χ1v) is 8.71. The molecule has 0 aromatic heterocycles. The van der Waals surface area contributed by atoms with Crippen LogP contribution >= 0.6 is 15.9 Å². The number of aliphatic hydroxyl groups is 1. The summed E-state index contributed by atoms with van der Waals surface area (Å²) in [6.07, 6.45) is 3.98. The summed E-state index contributed by atoms with van der Waals surface area (Å²) < 4.78 is 1.03. The minimum absolute atomic E-state index is 0.0707. The van der Waals surface area contributed by atoms with Gasteiger partial charge in [0.25, 0.3) is 0 Å². The molecule has 0 aliphatic heterocycles. The Bertz CT molecular complexity index is 559. The van der Waals surface area contributed by atoms with Crippen molar-refractivity contribution in [3.63, 3.8) is 0 Å². The third-order valence-electron chi connectivity index (χ3n) is 5.39. The fourth-order valence-corrected chi connectivity index (χ4v) is 4.04. The van der Waals surface area contributed by atoms with Gasteiger partial charge in [0, 0.05) is 29.5 Å². The molecule has 2 N–H and O–H groups in total. The maximum atomic E-state index is 12.3. The molecule has 0 heterocycles. The molecule has 2 aliphatic rings. The number of aliphatic hydroxyl groups excluding tert-OH is 1. The van der Waals surface area contributed by atoms with Gasteiger partial charge in [0.1, 0.15) is 0 Å². The molecule has 2 atom stereocenters. The van der Waals surface area contributed by atoms with E-state index in [-0.39, 0.29) is 17.4 Å². The van der Waals surface area contributed by atoms with Crippen LogP contribution in [0.15, 0.2) is 28.7 Å². The Labute approximate surface area is 140 Å². The van der Waals surface area contributed by atoms with E-state index in [9.17, 15) is 9.90 Å². The zero-order chi connectivity index (χ0) is 15.7. The molecule has 3 rings (SSSR count). The molecular weight excluding hydrogens is 344 g/mol. The minimum Gasteiger partial charge on any atom is -0.392 e. The molecule has 2 aliphatic carbocycles. The first-order valence-electron chi connectivity index (χ1n) is 7.92. The number of benzene rings is 1. The average Bonchev–Trinajstić information content (AvgIpc) is 2.43. The van der Waals surface area contributed by atoms with Crippen LogP contribution in [0, 0.1) is 5.41 Å². The van der Waals surface area contributed by atoms with Crippen LogP contribution in [0.3, 0.4) is 0 Å². The van der Waals surface area contributed by atoms with Crippen LogP contribution < -0.4 is 5.32 Å². The number of nitrogens with one attached hydrogen (secondary N) is 1. The molecule has 2 unspecified atom stereocenters. The van der Waals surface area contributed by atoms with Crippen molar-refractivity contribution in [3.8, 4) is 0 Å². The van der Waals surface area contributed by atoms with Crippen LogP contribution in [0.5, 0.6) is 0 Å². The molecule has 1 aromatic carbocycles. The monoisotopic (exact) mass is 366 g/mol. The van der Waals surface area contributed by atoms with Crippen LogP contribution in [0.2, 0.25) is 0 Å². The molecule has 0 saturated heterocycles. The maximum absolute atomic E-state index is 12.3. The molecule has 1 amide bonds. The summed E-state index contributed by atoms with van der Waals surface area (Å²) in [4.78, 5) is 14.0. The van der Waals surface area contributed by atoms with Crippen molar-refractivity contribution in [1.29, 1.82) is 0 Å². The Hall–Kier alpha value is -0.910. The molecule has 0 radical (unpaired) electrons. The Morgan fingerprint density at radius 1 is 1.45 bits per heavy atom. The van der Waals surface area contributed by atoms with Gasteiger partial charge in [-0.15, -0.1) is 0 Å². The van der Waals surface area contributed by atoms with E-state index in [1.54, 1.807) is 4.90 Å². The van der Waals surface area contributed by atoms with Gasteiger partial charge in [-0.1, -0.05) is 40.5 Å². The number of hydrogen-bond acceptors (Lipinski definition) is 3. The van der Waals surface area contributed by atoms with Crippen molar-refractivity contribution in [2.45, 2.75) is 44.4 Å². The van der Waals surface area contributed by atoms with Crippen molar-refractivity contribution in [3.05, 3.63) is 34.3 Å². The smallest absolute Gasteiger partial charge is 0.236 e. The topological polar surface area (TPSA) is 52.6 Å². The van der Waals surface area contributed by atoms with E-state index in [1.807, 2.05) is 31.3 Å². The van der Waals surface area contributed by atoms with Crippen molar-refractivity contribution in [1.82, 2.24) is 10.2 Å². The molecule has 4 nitrogen and oxygen atoms in total. The summed E-state index contributed by atoms with van der Waals surface area (Å²) in [6.45, 7) is 0.945. The van der Waals surface area contributed by atoms with Gasteiger partial charge in [0.15, 0.2) is 0 Å². The zero-order valence-electron chi connectivity index (χ0n) is 12.9. The summed E-state index contributed by atoms with van der Waals surface area (Å²) in [7, 11) is 1.83. The van der Waals surface area contributed by atoms with E-state index >= 15 is 0 Å². The second-order valence-electron chi connectivity index (χ2n) is 6.61. The maximum Gasteiger partial charge on any atom is 0.236 e. The quantitative estimate of drug-likeness (QED) is 0.840. The Kier molecular flexibility index (Phi) is 4.57. The second kappa shape index (κ2) is 6.30. The van der Waals surface area contributed by atoms with Crippen LogP contribution in [-0.4, -0.2) is 41.7 Å². The summed E-state index contributed by atoms with van der Waals surface area (Å²) in [5.74, 6) is 0.0895. The van der Waals surface area contributed by atoms with E-state index < -0.39 is 0 Å². The normalized spacial score (nSPS) is 25.4. The van der Waals surface area contributed by atoms with Crippen LogP contribution in [0.1, 0.15) is 31.2 Å². The molecule has 120 valence electrons. The van der Waals surface area contributed by atoms with Crippen LogP contribution in [0.4, 0.5) is 0 Å². The van der Waals surface area contributed by atoms with E-state index in [1.165, 1.54) is 6.42 Å². The Morgan fingerprint density at radius 2 is 2.18 bits per heavy atom. The van der Waals surface area contributed by atoms with E-state index in [0.717, 1.165) is 29.3 Å². The highest BCUT2D eigenvalue weighted by atomic mass is 79.9. The van der Waals surface area contributed by atoms with Crippen molar-refractivity contribution < 1.29 is 9.90 Å². The number of halogens is 1. The Balaban J connectivity index is 1.49. The van der Waals surface area contributed by atoms with Gasteiger partial charge in [-0.05, 0) is 30.9 Å². The molecule has 0 bridgehead atoms. The number of carbonyl (C=O) groups is 1. The lowest BCUT2D eigenvalue weighted by atomic mass is 9.51. The molecule has 1 spiro atoms. The predicted octanol–water partition coefficient (Wildman–Crippen LogP) is 2.30. The van der Waals surface area contributed by atoms with Gasteiger partial charge in [0.2, 0.25) is 5.91 Å². The standard InChI is InChI=1S/C17H23BrN2O2/c1-20(11-12-5-2-3-6-13(12)18)16(22)10-19-14-9-15(21)17(14)7-4-8-17/h2-3,5-6,14-15,19,21H,4,7-11H2,1H3. The molecule has 2 fully saturated rings. The van der Waals surface area contributed by atoms with Gasteiger partial charge in [-0.25, -0.2) is 0 Å². The first kappa shape index (κ1) is 16.0. The number of rotatable bonds is 5. The highest BCUT2D eigenvalue weighted by Gasteiger charge is 2.57. The van der Waals surface area contributed by atoms with Crippen molar-refractivity contribution in [2.24, 2.45) is 5.41 Å². The number of nitrogens with zero attached hydrogens (tertiary/aromatic N) is 1. The molecule has 5 heteroatoms. The molecular formula is C17H23BrN2O2. The highest BCUT2D eigenvalue weighted by molar-refractivity contribution is 9.10. The van der Waals surface area contributed by atoms with Crippen LogP contribution in [-0.2, 0) is 11.3 Å². The molecule has 2 saturated carbocycles. The number of hydrogen-bond donors (Lipinski definition) is 2. The molecule has 1 aromatic rings. The van der Waals surface area contributed by atoms with Gasteiger partial charge in [-0.3, -0.25) is 4.79 Å². The van der Waals surface area contributed by atoms with Crippen molar-refractivity contribution >= 4 is 21.8 Å². The van der Waals surface area contributed by atoms with E-state index in [0.29, 0.717) is 19.1 Å². The average molecular weight is 367 g/mol. The minimum atomic E-state index is -0.174. The fraction of sp³-hybridized carbons (Fsp3) is 0.588. The van der Waals surface area contributed by atoms with Gasteiger partial charge >= 0.3 is 0 Å². The Morgan fingerprint density at radius 3 is 2.77 bits per heavy atom.